The molecule has 2 aromatic heterocycles. The van der Waals surface area contributed by atoms with Gasteiger partial charge in [0.15, 0.2) is 11.4 Å². The van der Waals surface area contributed by atoms with Gasteiger partial charge in [-0.15, -0.1) is 0 Å². The molecular weight excluding hydrogens is 931 g/mol. The van der Waals surface area contributed by atoms with Gasteiger partial charge in [-0.2, -0.15) is 4.98 Å². The highest BCUT2D eigenvalue weighted by Gasteiger charge is 2.50. The standard InChI is InChI=1S/C51H59N9O10S/c1-32-4-2-3-5-38(32)44-30-68-21-17-58(44)36-26-51(27-36)10-13-57(14-11-51)35-6-7-39(41(23-35)59-40-9-18-67-31-46(40)70-50-43(59)22-33-8-12-52-48(33)54-50)49(61)55-71(64,65)37-24-42(60(62)63)47-45(25-37)69-29-34(53-47)28-56-15-19-66-20-16-56/h2-8,12,22-25,34,36,40,44,46,53H,9-11,13-21,26-31H2,1H3,(H,52,54)(H,55,61)/t34-,40+,44+,46+/m1/s1. The van der Waals surface area contributed by atoms with Gasteiger partial charge in [-0.1, -0.05) is 24.3 Å². The van der Waals surface area contributed by atoms with E-state index < -0.39 is 37.5 Å². The molecule has 0 bridgehead atoms. The number of amides is 1. The number of rotatable bonds is 10. The van der Waals surface area contributed by atoms with E-state index in [0.29, 0.717) is 74.9 Å². The number of hydrogen-bond donors (Lipinski definition) is 3. The number of pyridine rings is 1. The van der Waals surface area contributed by atoms with Crippen LogP contribution in [0.15, 0.2) is 77.8 Å². The third-order valence-corrected chi connectivity index (χ3v) is 17.3. The maximum atomic E-state index is 14.8. The Kier molecular flexibility index (Phi) is 12.0. The van der Waals surface area contributed by atoms with Crippen LogP contribution in [0, 0.1) is 22.5 Å². The molecule has 6 aliphatic heterocycles. The highest BCUT2D eigenvalue weighted by molar-refractivity contribution is 7.90. The number of aromatic nitrogens is 2. The molecule has 8 heterocycles. The van der Waals surface area contributed by atoms with Crippen molar-refractivity contribution in [3.63, 3.8) is 0 Å². The molecule has 1 amide bonds. The maximum absolute atomic E-state index is 14.8. The van der Waals surface area contributed by atoms with E-state index in [9.17, 15) is 23.3 Å². The largest absolute Gasteiger partial charge is 0.489 e. The summed E-state index contributed by atoms with van der Waals surface area (Å²) in [7, 11) is -4.69. The van der Waals surface area contributed by atoms with Crippen LogP contribution in [0.3, 0.4) is 0 Å². The highest BCUT2D eigenvalue weighted by Crippen LogP contribution is 2.54. The summed E-state index contributed by atoms with van der Waals surface area (Å²) >= 11 is 0. The van der Waals surface area contributed by atoms with Crippen LogP contribution in [0.2, 0.25) is 0 Å². The number of morpholine rings is 2. The van der Waals surface area contributed by atoms with Crippen molar-refractivity contribution in [3.05, 3.63) is 99.7 Å². The van der Waals surface area contributed by atoms with Crippen LogP contribution in [-0.4, -0.2) is 149 Å². The van der Waals surface area contributed by atoms with Crippen LogP contribution in [0.5, 0.6) is 11.6 Å². The molecule has 3 aromatic carbocycles. The molecule has 5 aromatic rings. The summed E-state index contributed by atoms with van der Waals surface area (Å²) in [6.07, 6.45) is 6.28. The molecule has 3 N–H and O–H groups in total. The summed E-state index contributed by atoms with van der Waals surface area (Å²) in [5, 5.41) is 16.6. The zero-order chi connectivity index (χ0) is 48.4. The Labute approximate surface area is 411 Å². The molecule has 0 unspecified atom stereocenters. The number of hydrogen-bond acceptors (Lipinski definition) is 16. The first kappa shape index (κ1) is 46.1. The SMILES string of the molecule is Cc1ccccc1[C@@H]1COCCN1C1CC2(CCN(c3ccc(C(=O)NS(=O)(=O)c4cc5c(c([N+](=O)[O-])c4)N[C@H](CN4CCOCC4)CO5)c(N4c5cc6cc[nH]c6nc5O[C@H]5COCC[C@@H]54)c3)CC2)C1. The maximum Gasteiger partial charge on any atom is 0.297 e. The monoisotopic (exact) mass is 989 g/mol. The molecule has 1 aliphatic carbocycles. The van der Waals surface area contributed by atoms with Gasteiger partial charge in [-0.25, -0.2) is 13.1 Å². The van der Waals surface area contributed by atoms with Crippen LogP contribution in [0.4, 0.5) is 28.4 Å². The zero-order valence-corrected chi connectivity index (χ0v) is 40.5. The number of aryl methyl sites for hydroxylation is 1. The number of anilines is 4. The number of nitro benzene ring substituents is 1. The van der Waals surface area contributed by atoms with E-state index in [2.05, 4.69) is 65.8 Å². The van der Waals surface area contributed by atoms with Crippen LogP contribution < -0.4 is 29.3 Å². The molecule has 4 atom stereocenters. The molecule has 7 aliphatic rings. The fourth-order valence-corrected chi connectivity index (χ4v) is 13.2. The minimum absolute atomic E-state index is 0.0163. The highest BCUT2D eigenvalue weighted by atomic mass is 32.2. The van der Waals surface area contributed by atoms with Gasteiger partial charge in [0, 0.05) is 81.3 Å². The van der Waals surface area contributed by atoms with Crippen LogP contribution in [0.1, 0.15) is 59.6 Å². The summed E-state index contributed by atoms with van der Waals surface area (Å²) in [4.78, 5) is 43.5. The number of sulfonamides is 1. The van der Waals surface area contributed by atoms with E-state index in [-0.39, 0.29) is 47.1 Å². The lowest BCUT2D eigenvalue weighted by Gasteiger charge is -2.57. The van der Waals surface area contributed by atoms with Gasteiger partial charge in [-0.3, -0.25) is 24.7 Å². The van der Waals surface area contributed by atoms with E-state index >= 15 is 0 Å². The van der Waals surface area contributed by atoms with Gasteiger partial charge in [0.2, 0.25) is 5.88 Å². The van der Waals surface area contributed by atoms with Gasteiger partial charge in [0.1, 0.15) is 24.0 Å². The smallest absolute Gasteiger partial charge is 0.297 e. The lowest BCUT2D eigenvalue weighted by molar-refractivity contribution is -0.384. The molecule has 20 heteroatoms. The van der Waals surface area contributed by atoms with Gasteiger partial charge in [0.25, 0.3) is 21.6 Å². The Morgan fingerprint density at radius 2 is 1.72 bits per heavy atom. The fraction of sp³-hybridized carbons (Fsp3) is 0.490. The van der Waals surface area contributed by atoms with Crippen LogP contribution in [0.25, 0.3) is 11.0 Å². The molecule has 12 rings (SSSR count). The minimum Gasteiger partial charge on any atom is -0.489 e. The number of aromatic amines is 1. The first-order chi connectivity index (χ1) is 34.5. The topological polar surface area (TPSA) is 206 Å². The summed E-state index contributed by atoms with van der Waals surface area (Å²) in [5.41, 5.74) is 5.29. The van der Waals surface area contributed by atoms with Gasteiger partial charge < -0.3 is 43.8 Å². The fourth-order valence-electron chi connectivity index (χ4n) is 12.2. The Morgan fingerprint density at radius 3 is 2.54 bits per heavy atom. The summed E-state index contributed by atoms with van der Waals surface area (Å²) in [6.45, 7) is 10.3. The van der Waals surface area contributed by atoms with Crippen LogP contribution >= 0.6 is 0 Å². The second kappa shape index (κ2) is 18.5. The number of carbonyl (C=O) groups is 1. The summed E-state index contributed by atoms with van der Waals surface area (Å²) < 4.78 is 60.9. The molecular formula is C51H59N9O10S. The normalized spacial score (nSPS) is 24.7. The Balaban J connectivity index is 0.835. The quantitative estimate of drug-likeness (QED) is 0.110. The first-order valence-corrected chi connectivity index (χ1v) is 26.4. The third kappa shape index (κ3) is 8.71. The molecule has 1 saturated carbocycles. The predicted octanol–water partition coefficient (Wildman–Crippen LogP) is 5.91. The number of benzene rings is 3. The van der Waals surface area contributed by atoms with E-state index in [4.69, 9.17) is 28.7 Å². The van der Waals surface area contributed by atoms with Gasteiger partial charge in [-0.05, 0) is 85.9 Å². The van der Waals surface area contributed by atoms with Crippen molar-refractivity contribution in [1.82, 2.24) is 24.5 Å². The van der Waals surface area contributed by atoms with Crippen molar-refractivity contribution in [2.24, 2.45) is 5.41 Å². The van der Waals surface area contributed by atoms with E-state index in [0.717, 1.165) is 82.2 Å². The first-order valence-electron chi connectivity index (χ1n) is 24.9. The molecule has 0 radical (unpaired) electrons. The molecule has 19 nitrogen and oxygen atoms in total. The zero-order valence-electron chi connectivity index (χ0n) is 39.7. The van der Waals surface area contributed by atoms with Gasteiger partial charge >= 0.3 is 0 Å². The lowest BCUT2D eigenvalue weighted by Crippen LogP contribution is -2.58. The average Bonchev–Trinajstić information content (AvgIpc) is 3.84. The second-order valence-electron chi connectivity index (χ2n) is 20.2. The molecule has 374 valence electrons. The number of carbonyl (C=O) groups excluding carboxylic acids is 1. The van der Waals surface area contributed by atoms with Crippen molar-refractivity contribution in [2.45, 2.75) is 74.2 Å². The van der Waals surface area contributed by atoms with Crippen molar-refractivity contribution >= 4 is 55.4 Å². The molecule has 71 heavy (non-hydrogen) atoms. The Hall–Kier alpha value is -6.03. The number of nitro groups is 1. The number of nitrogens with zero attached hydrogens (tertiary/aromatic N) is 6. The third-order valence-electron chi connectivity index (χ3n) is 16.0. The number of piperidine rings is 1. The van der Waals surface area contributed by atoms with Crippen molar-refractivity contribution in [1.29, 1.82) is 0 Å². The van der Waals surface area contributed by atoms with Crippen molar-refractivity contribution in [3.8, 4) is 11.6 Å². The molecule has 4 saturated heterocycles. The minimum atomic E-state index is -4.69. The van der Waals surface area contributed by atoms with Gasteiger partial charge in [0.05, 0.1) is 72.2 Å². The van der Waals surface area contributed by atoms with E-state index in [1.165, 1.54) is 17.2 Å². The summed E-state index contributed by atoms with van der Waals surface area (Å²) in [5.74, 6) is -0.514. The summed E-state index contributed by atoms with van der Waals surface area (Å²) in [6, 6.07) is 20.5. The Bertz CT molecular complexity index is 2970. The number of nitrogens with one attached hydrogen (secondary N) is 3. The van der Waals surface area contributed by atoms with E-state index in [1.54, 1.807) is 12.3 Å². The lowest BCUT2D eigenvalue weighted by atomic mass is 9.59. The number of ether oxygens (including phenoxy) is 5. The molecule has 1 spiro atoms. The van der Waals surface area contributed by atoms with Crippen LogP contribution in [-0.2, 0) is 24.2 Å². The average molecular weight is 990 g/mol. The number of fused-ring (bicyclic) bond motifs is 4. The Morgan fingerprint density at radius 1 is 0.915 bits per heavy atom. The predicted molar refractivity (Wildman–Crippen MR) is 265 cm³/mol. The molecule has 5 fully saturated rings. The van der Waals surface area contributed by atoms with Crippen molar-refractivity contribution < 1.29 is 41.8 Å². The number of H-pyrrole nitrogens is 1. The van der Waals surface area contributed by atoms with E-state index in [1.807, 2.05) is 24.3 Å². The van der Waals surface area contributed by atoms with Crippen molar-refractivity contribution in [2.75, 3.05) is 101 Å². The second-order valence-corrected chi connectivity index (χ2v) is 21.9.